The van der Waals surface area contributed by atoms with E-state index in [2.05, 4.69) is 0 Å². The smallest absolute Gasteiger partial charge is 0.332 e. The van der Waals surface area contributed by atoms with Crippen LogP contribution < -0.4 is 11.5 Å². The van der Waals surface area contributed by atoms with Gasteiger partial charge in [-0.25, -0.2) is 4.79 Å². The van der Waals surface area contributed by atoms with Crippen LogP contribution in [0, 0.1) is 5.92 Å². The summed E-state index contributed by atoms with van der Waals surface area (Å²) in [5.74, 6) is -2.78. The molecular formula is C12H20N2O4. The molecule has 1 unspecified atom stereocenters. The molecule has 0 heterocycles. The van der Waals surface area contributed by atoms with Crippen molar-refractivity contribution in [1.82, 2.24) is 0 Å². The van der Waals surface area contributed by atoms with Gasteiger partial charge in [0, 0.05) is 6.42 Å². The molecule has 0 aromatic carbocycles. The molecule has 1 aliphatic carbocycles. The number of hydrogen-bond acceptors (Lipinski definition) is 4. The van der Waals surface area contributed by atoms with Gasteiger partial charge in [-0.1, -0.05) is 32.1 Å². The van der Waals surface area contributed by atoms with Gasteiger partial charge in [0.1, 0.15) is 0 Å². The first-order valence-corrected chi connectivity index (χ1v) is 6.20. The van der Waals surface area contributed by atoms with Gasteiger partial charge in [0.25, 0.3) is 0 Å². The van der Waals surface area contributed by atoms with Gasteiger partial charge in [0.15, 0.2) is 11.3 Å². The Kier molecular flexibility index (Phi) is 4.84. The SMILES string of the molecule is NC(=O)CC(N)(C(=O)O)C(=O)CC1CCCCC1. The van der Waals surface area contributed by atoms with Gasteiger partial charge >= 0.3 is 5.97 Å². The standard InChI is InChI=1S/C12H20N2O4/c13-10(16)7-12(14,11(17)18)9(15)6-8-4-2-1-3-5-8/h8H,1-7,14H2,(H2,13,16)(H,17,18). The van der Waals surface area contributed by atoms with Crippen molar-refractivity contribution >= 4 is 17.7 Å². The lowest BCUT2D eigenvalue weighted by Gasteiger charge is -2.26. The van der Waals surface area contributed by atoms with Crippen molar-refractivity contribution < 1.29 is 19.5 Å². The van der Waals surface area contributed by atoms with Crippen LogP contribution in [0.15, 0.2) is 0 Å². The fourth-order valence-corrected chi connectivity index (χ4v) is 2.40. The van der Waals surface area contributed by atoms with Crippen LogP contribution in [-0.4, -0.2) is 28.3 Å². The van der Waals surface area contributed by atoms with Crippen molar-refractivity contribution in [3.05, 3.63) is 0 Å². The van der Waals surface area contributed by atoms with E-state index < -0.39 is 29.6 Å². The highest BCUT2D eigenvalue weighted by Crippen LogP contribution is 2.28. The average Bonchev–Trinajstić information content (AvgIpc) is 2.29. The summed E-state index contributed by atoms with van der Waals surface area (Å²) < 4.78 is 0. The Morgan fingerprint density at radius 1 is 1.17 bits per heavy atom. The molecule has 5 N–H and O–H groups in total. The summed E-state index contributed by atoms with van der Waals surface area (Å²) in [6.07, 6.45) is 4.56. The summed E-state index contributed by atoms with van der Waals surface area (Å²) in [4.78, 5) is 33.9. The zero-order valence-corrected chi connectivity index (χ0v) is 10.4. The van der Waals surface area contributed by atoms with Gasteiger partial charge in [-0.15, -0.1) is 0 Å². The third-order valence-electron chi connectivity index (χ3n) is 3.53. The monoisotopic (exact) mass is 256 g/mol. The lowest BCUT2D eigenvalue weighted by Crippen LogP contribution is -2.57. The van der Waals surface area contributed by atoms with E-state index in [9.17, 15) is 14.4 Å². The van der Waals surface area contributed by atoms with Crippen LogP contribution in [0.25, 0.3) is 0 Å². The van der Waals surface area contributed by atoms with E-state index in [4.69, 9.17) is 16.6 Å². The fourth-order valence-electron chi connectivity index (χ4n) is 2.40. The van der Waals surface area contributed by atoms with E-state index >= 15 is 0 Å². The molecule has 1 rings (SSSR count). The van der Waals surface area contributed by atoms with Crippen molar-refractivity contribution in [3.8, 4) is 0 Å². The van der Waals surface area contributed by atoms with Crippen LogP contribution in [0.1, 0.15) is 44.9 Å². The molecule has 0 aromatic heterocycles. The van der Waals surface area contributed by atoms with E-state index in [0.717, 1.165) is 32.1 Å². The first-order chi connectivity index (χ1) is 8.36. The number of amides is 1. The predicted octanol–water partition coefficient (Wildman–Crippen LogP) is 0.183. The molecule has 1 amide bonds. The Morgan fingerprint density at radius 3 is 2.17 bits per heavy atom. The predicted molar refractivity (Wildman–Crippen MR) is 64.6 cm³/mol. The number of carbonyl (C=O) groups excluding carboxylic acids is 2. The molecule has 18 heavy (non-hydrogen) atoms. The maximum Gasteiger partial charge on any atom is 0.332 e. The van der Waals surface area contributed by atoms with Crippen LogP contribution in [0.2, 0.25) is 0 Å². The van der Waals surface area contributed by atoms with E-state index in [1.807, 2.05) is 0 Å². The molecule has 1 fully saturated rings. The fraction of sp³-hybridized carbons (Fsp3) is 0.750. The minimum atomic E-state index is -2.16. The summed E-state index contributed by atoms with van der Waals surface area (Å²) in [7, 11) is 0. The molecule has 102 valence electrons. The molecule has 0 aliphatic heterocycles. The van der Waals surface area contributed by atoms with E-state index in [1.165, 1.54) is 0 Å². The molecule has 0 spiro atoms. The van der Waals surface area contributed by atoms with Crippen LogP contribution in [0.5, 0.6) is 0 Å². The number of carbonyl (C=O) groups is 3. The quantitative estimate of drug-likeness (QED) is 0.585. The molecule has 0 bridgehead atoms. The topological polar surface area (TPSA) is 123 Å². The maximum atomic E-state index is 12.0. The molecular weight excluding hydrogens is 236 g/mol. The zero-order valence-electron chi connectivity index (χ0n) is 10.4. The Labute approximate surface area is 106 Å². The summed E-state index contributed by atoms with van der Waals surface area (Å²) in [6.45, 7) is 0. The number of carboxylic acids is 1. The number of nitrogens with two attached hydrogens (primary N) is 2. The molecule has 1 atom stereocenters. The van der Waals surface area contributed by atoms with Crippen molar-refractivity contribution in [2.24, 2.45) is 17.4 Å². The molecule has 0 aromatic rings. The lowest BCUT2D eigenvalue weighted by molar-refractivity contribution is -0.150. The minimum Gasteiger partial charge on any atom is -0.480 e. The van der Waals surface area contributed by atoms with E-state index in [0.29, 0.717) is 0 Å². The summed E-state index contributed by atoms with van der Waals surface area (Å²) in [5.41, 5.74) is 8.34. The first kappa shape index (κ1) is 14.6. The van der Waals surface area contributed by atoms with Gasteiger partial charge in [-0.2, -0.15) is 0 Å². The van der Waals surface area contributed by atoms with Gasteiger partial charge in [-0.05, 0) is 5.92 Å². The lowest BCUT2D eigenvalue weighted by atomic mass is 9.80. The molecule has 0 radical (unpaired) electrons. The number of aliphatic carboxylic acids is 1. The number of carboxylic acid groups (broad SMARTS) is 1. The Balaban J connectivity index is 2.70. The largest absolute Gasteiger partial charge is 0.480 e. The number of Topliss-reactive ketones (excluding diaryl/α,β-unsaturated/α-hetero) is 1. The summed E-state index contributed by atoms with van der Waals surface area (Å²) >= 11 is 0. The van der Waals surface area contributed by atoms with Crippen molar-refractivity contribution in [3.63, 3.8) is 0 Å². The molecule has 0 saturated heterocycles. The third-order valence-corrected chi connectivity index (χ3v) is 3.53. The van der Waals surface area contributed by atoms with Gasteiger partial charge < -0.3 is 16.6 Å². The van der Waals surface area contributed by atoms with Crippen molar-refractivity contribution in [2.75, 3.05) is 0 Å². The first-order valence-electron chi connectivity index (χ1n) is 6.20. The van der Waals surface area contributed by atoms with Gasteiger partial charge in [0.2, 0.25) is 5.91 Å². The number of hydrogen-bond donors (Lipinski definition) is 3. The zero-order chi connectivity index (χ0) is 13.8. The summed E-state index contributed by atoms with van der Waals surface area (Å²) in [5, 5.41) is 9.03. The highest BCUT2D eigenvalue weighted by molar-refractivity contribution is 6.10. The number of ketones is 1. The van der Waals surface area contributed by atoms with Crippen LogP contribution in [0.3, 0.4) is 0 Å². The minimum absolute atomic E-state index is 0.121. The number of primary amides is 1. The van der Waals surface area contributed by atoms with Crippen molar-refractivity contribution in [1.29, 1.82) is 0 Å². The van der Waals surface area contributed by atoms with Gasteiger partial charge in [0.05, 0.1) is 6.42 Å². The van der Waals surface area contributed by atoms with Gasteiger partial charge in [-0.3, -0.25) is 9.59 Å². The van der Waals surface area contributed by atoms with E-state index in [1.54, 1.807) is 0 Å². The second kappa shape index (κ2) is 5.95. The Morgan fingerprint density at radius 2 is 1.72 bits per heavy atom. The molecule has 1 aliphatic rings. The van der Waals surface area contributed by atoms with Crippen LogP contribution in [0.4, 0.5) is 0 Å². The molecule has 6 nitrogen and oxygen atoms in total. The normalized spacial score (nSPS) is 20.1. The van der Waals surface area contributed by atoms with Crippen molar-refractivity contribution in [2.45, 2.75) is 50.5 Å². The maximum absolute atomic E-state index is 12.0. The highest BCUT2D eigenvalue weighted by Gasteiger charge is 2.43. The molecule has 6 heteroatoms. The molecule has 1 saturated carbocycles. The Hall–Kier alpha value is -1.43. The number of rotatable bonds is 6. The Bertz CT molecular complexity index is 350. The van der Waals surface area contributed by atoms with Crippen LogP contribution in [-0.2, 0) is 14.4 Å². The van der Waals surface area contributed by atoms with E-state index in [-0.39, 0.29) is 12.3 Å². The van der Waals surface area contributed by atoms with Crippen LogP contribution >= 0.6 is 0 Å². The second-order valence-electron chi connectivity index (χ2n) is 5.05. The second-order valence-corrected chi connectivity index (χ2v) is 5.05. The summed E-state index contributed by atoms with van der Waals surface area (Å²) in [6, 6.07) is 0. The average molecular weight is 256 g/mol. The highest BCUT2D eigenvalue weighted by atomic mass is 16.4. The third kappa shape index (κ3) is 3.53.